The molecular weight excluding hydrogens is 572 g/mol. The van der Waals surface area contributed by atoms with Gasteiger partial charge in [0, 0.05) is 36.2 Å². The predicted octanol–water partition coefficient (Wildman–Crippen LogP) is 4.63. The highest BCUT2D eigenvalue weighted by molar-refractivity contribution is 6.48. The first-order valence-corrected chi connectivity index (χ1v) is 14.8. The summed E-state index contributed by atoms with van der Waals surface area (Å²) in [6.07, 6.45) is 5.96. The molecule has 232 valence electrons. The summed E-state index contributed by atoms with van der Waals surface area (Å²) in [6.45, 7) is 1.50. The molecule has 2 amide bonds. The van der Waals surface area contributed by atoms with Crippen LogP contribution in [-0.4, -0.2) is 54.4 Å². The highest BCUT2D eigenvalue weighted by Crippen LogP contribution is 2.30. The lowest BCUT2D eigenvalue weighted by atomic mass is 9.84. The second kappa shape index (κ2) is 15.0. The SMILES string of the molecule is COC(=O)/C=C/CNC(=O)C(=O)NCc1ccc2cc1C(=O)C(=N)[C@H](C)c1cc(cc3ccccc13)CCCCCC(=N)C2=O. The molecule has 4 bridgehead atoms. The van der Waals surface area contributed by atoms with Gasteiger partial charge >= 0.3 is 17.8 Å². The number of fused-ring (bicyclic) bond motifs is 6. The van der Waals surface area contributed by atoms with Gasteiger partial charge in [-0.15, -0.1) is 0 Å². The summed E-state index contributed by atoms with van der Waals surface area (Å²) in [4.78, 5) is 63.0. The molecular formula is C35H36N4O6. The highest BCUT2D eigenvalue weighted by Gasteiger charge is 2.26. The van der Waals surface area contributed by atoms with Crippen LogP contribution < -0.4 is 10.6 Å². The summed E-state index contributed by atoms with van der Waals surface area (Å²) in [5.41, 5.74) is 2.20. The Morgan fingerprint density at radius 1 is 0.911 bits per heavy atom. The number of Topliss-reactive ketones (excluding diaryl/α,β-unsaturated/α-hetero) is 2. The second-order valence-corrected chi connectivity index (χ2v) is 10.9. The Balaban J connectivity index is 1.65. The third-order valence-electron chi connectivity index (χ3n) is 7.86. The molecule has 45 heavy (non-hydrogen) atoms. The fourth-order valence-electron chi connectivity index (χ4n) is 5.29. The monoisotopic (exact) mass is 608 g/mol. The molecule has 0 unspecified atom stereocenters. The van der Waals surface area contributed by atoms with E-state index in [-0.39, 0.29) is 35.6 Å². The molecule has 0 heterocycles. The van der Waals surface area contributed by atoms with Crippen molar-refractivity contribution in [3.05, 3.63) is 94.6 Å². The minimum Gasteiger partial charge on any atom is -0.466 e. The summed E-state index contributed by atoms with van der Waals surface area (Å²) >= 11 is 0. The molecule has 1 aliphatic rings. The van der Waals surface area contributed by atoms with Gasteiger partial charge in [-0.05, 0) is 59.2 Å². The minimum absolute atomic E-state index is 0.0415. The Hall–Kier alpha value is -5.25. The zero-order valence-electron chi connectivity index (χ0n) is 25.3. The largest absolute Gasteiger partial charge is 0.466 e. The molecule has 3 aromatic rings. The molecule has 0 saturated carbocycles. The van der Waals surface area contributed by atoms with E-state index in [1.807, 2.05) is 24.3 Å². The second-order valence-electron chi connectivity index (χ2n) is 10.9. The van der Waals surface area contributed by atoms with Crippen LogP contribution in [0, 0.1) is 10.8 Å². The van der Waals surface area contributed by atoms with Crippen LogP contribution in [0.3, 0.4) is 0 Å². The average molecular weight is 609 g/mol. The number of esters is 1. The molecule has 0 aliphatic heterocycles. The number of nitrogens with one attached hydrogen (secondary N) is 4. The molecule has 1 atom stereocenters. The molecule has 4 rings (SSSR count). The van der Waals surface area contributed by atoms with E-state index in [1.54, 1.807) is 6.92 Å². The number of carbonyl (C=O) groups excluding carboxylic acids is 5. The number of hydrogen-bond donors (Lipinski definition) is 4. The number of ketones is 2. The summed E-state index contributed by atoms with van der Waals surface area (Å²) in [6, 6.07) is 16.4. The molecule has 0 radical (unpaired) electrons. The van der Waals surface area contributed by atoms with Crippen molar-refractivity contribution in [2.75, 3.05) is 13.7 Å². The Labute approximate surface area is 261 Å². The number of benzene rings is 3. The number of amides is 2. The fourth-order valence-corrected chi connectivity index (χ4v) is 5.29. The Morgan fingerprint density at radius 3 is 2.42 bits per heavy atom. The van der Waals surface area contributed by atoms with E-state index in [9.17, 15) is 24.0 Å². The van der Waals surface area contributed by atoms with E-state index in [2.05, 4.69) is 27.5 Å². The van der Waals surface area contributed by atoms with Gasteiger partial charge in [0.25, 0.3) is 0 Å². The van der Waals surface area contributed by atoms with Crippen molar-refractivity contribution in [3.63, 3.8) is 0 Å². The van der Waals surface area contributed by atoms with Crippen molar-refractivity contribution in [2.24, 2.45) is 0 Å². The number of rotatable bonds is 5. The van der Waals surface area contributed by atoms with Gasteiger partial charge in [-0.1, -0.05) is 68.0 Å². The van der Waals surface area contributed by atoms with Crippen molar-refractivity contribution in [3.8, 4) is 0 Å². The van der Waals surface area contributed by atoms with E-state index in [4.69, 9.17) is 10.8 Å². The maximum atomic E-state index is 14.0. The van der Waals surface area contributed by atoms with Crippen LogP contribution in [0.2, 0.25) is 0 Å². The van der Waals surface area contributed by atoms with E-state index in [0.717, 1.165) is 47.2 Å². The summed E-state index contributed by atoms with van der Waals surface area (Å²) in [7, 11) is 1.21. The first-order valence-electron chi connectivity index (χ1n) is 14.8. The Kier molecular flexibility index (Phi) is 10.9. The maximum absolute atomic E-state index is 14.0. The van der Waals surface area contributed by atoms with Crippen LogP contribution in [0.15, 0.2) is 66.7 Å². The quantitative estimate of drug-likeness (QED) is 0.187. The zero-order chi connectivity index (χ0) is 32.5. The van der Waals surface area contributed by atoms with Crippen molar-refractivity contribution in [1.29, 1.82) is 10.8 Å². The molecule has 0 saturated heterocycles. The minimum atomic E-state index is -0.969. The van der Waals surface area contributed by atoms with Crippen molar-refractivity contribution >= 4 is 51.5 Å². The highest BCUT2D eigenvalue weighted by atomic mass is 16.5. The number of methoxy groups -OCH3 is 1. The molecule has 1 aliphatic carbocycles. The van der Waals surface area contributed by atoms with E-state index in [1.165, 1.54) is 31.4 Å². The summed E-state index contributed by atoms with van der Waals surface area (Å²) in [5.74, 6) is -4.23. The molecule has 0 fully saturated rings. The molecule has 10 nitrogen and oxygen atoms in total. The first kappa shape index (κ1) is 32.7. The molecule has 0 spiro atoms. The topological polar surface area (TPSA) is 166 Å². The van der Waals surface area contributed by atoms with Crippen LogP contribution in [0.25, 0.3) is 10.8 Å². The normalized spacial score (nSPS) is 16.1. The van der Waals surface area contributed by atoms with Gasteiger partial charge in [0.1, 0.15) is 0 Å². The lowest BCUT2D eigenvalue weighted by molar-refractivity contribution is -0.139. The first-order chi connectivity index (χ1) is 21.6. The van der Waals surface area contributed by atoms with Crippen LogP contribution >= 0.6 is 0 Å². The van der Waals surface area contributed by atoms with Crippen molar-refractivity contribution in [1.82, 2.24) is 10.6 Å². The summed E-state index contributed by atoms with van der Waals surface area (Å²) < 4.78 is 4.47. The van der Waals surface area contributed by atoms with Crippen LogP contribution in [0.4, 0.5) is 0 Å². The zero-order valence-corrected chi connectivity index (χ0v) is 25.3. The molecule has 4 N–H and O–H groups in total. The fraction of sp³-hybridized carbons (Fsp3) is 0.286. The van der Waals surface area contributed by atoms with Gasteiger partial charge < -0.3 is 26.2 Å². The Bertz CT molecular complexity index is 1720. The third-order valence-corrected chi connectivity index (χ3v) is 7.86. The number of aryl methyl sites for hydroxylation is 1. The lowest BCUT2D eigenvalue weighted by Crippen LogP contribution is -2.40. The van der Waals surface area contributed by atoms with Gasteiger partial charge in [0.05, 0.1) is 18.5 Å². The van der Waals surface area contributed by atoms with Gasteiger partial charge in [-0.2, -0.15) is 0 Å². The Morgan fingerprint density at radius 2 is 1.64 bits per heavy atom. The third kappa shape index (κ3) is 8.03. The number of ether oxygens (including phenoxy) is 1. The van der Waals surface area contributed by atoms with Gasteiger partial charge in [-0.3, -0.25) is 19.2 Å². The van der Waals surface area contributed by atoms with Crippen LogP contribution in [0.5, 0.6) is 0 Å². The van der Waals surface area contributed by atoms with Crippen molar-refractivity contribution < 1.29 is 28.7 Å². The molecule has 10 heteroatoms. The van der Waals surface area contributed by atoms with Crippen LogP contribution in [0.1, 0.15) is 75.9 Å². The number of carbonyl (C=O) groups is 5. The van der Waals surface area contributed by atoms with E-state index in [0.29, 0.717) is 18.4 Å². The molecule has 3 aromatic carbocycles. The standard InChI is InChI=1S/C35H36N4O6/c1-21-27-18-22(17-23-10-6-7-11-26(23)27)9-4-3-5-12-29(36)32(41)24-14-15-25(28(19-24)33(42)31(21)37)20-39-35(44)34(43)38-16-8-13-30(40)45-2/h6-8,10-11,13-15,17-19,21,36-37H,3-5,9,12,16,20H2,1-2H3,(H,38,43)(H,39,44)/b13-8+,36-29?,37-31?/t21-/m1/s1. The van der Waals surface area contributed by atoms with Crippen molar-refractivity contribution in [2.45, 2.75) is 51.5 Å². The lowest BCUT2D eigenvalue weighted by Gasteiger charge is -2.19. The number of hydrogen-bond acceptors (Lipinski definition) is 8. The summed E-state index contributed by atoms with van der Waals surface area (Å²) in [5, 5.41) is 24.1. The van der Waals surface area contributed by atoms with Gasteiger partial charge in [-0.25, -0.2) is 4.79 Å². The van der Waals surface area contributed by atoms with E-state index < -0.39 is 35.3 Å². The average Bonchev–Trinajstić information content (AvgIpc) is 3.06. The molecule has 0 aromatic heterocycles. The van der Waals surface area contributed by atoms with E-state index >= 15 is 0 Å². The van der Waals surface area contributed by atoms with Crippen LogP contribution in [-0.2, 0) is 32.1 Å². The van der Waals surface area contributed by atoms with Gasteiger partial charge in [0.15, 0.2) is 0 Å². The smallest absolute Gasteiger partial charge is 0.330 e. The maximum Gasteiger partial charge on any atom is 0.330 e. The predicted molar refractivity (Wildman–Crippen MR) is 171 cm³/mol. The van der Waals surface area contributed by atoms with Gasteiger partial charge in [0.2, 0.25) is 11.6 Å².